The van der Waals surface area contributed by atoms with E-state index in [-0.39, 0.29) is 12.6 Å². The zero-order valence-electron chi connectivity index (χ0n) is 16.8. The second kappa shape index (κ2) is 8.18. The lowest BCUT2D eigenvalue weighted by Gasteiger charge is -2.32. The van der Waals surface area contributed by atoms with Crippen molar-refractivity contribution in [1.29, 1.82) is 0 Å². The van der Waals surface area contributed by atoms with E-state index in [1.54, 1.807) is 0 Å². The maximum Gasteiger partial charge on any atom is 0.209 e. The molecule has 0 fully saturated rings. The predicted molar refractivity (Wildman–Crippen MR) is 115 cm³/mol. The molecule has 0 unspecified atom stereocenters. The number of hydrogen-bond acceptors (Lipinski definition) is 5. The molecule has 1 aliphatic rings. The molecule has 152 valence electrons. The molecule has 0 aliphatic heterocycles. The topological polar surface area (TPSA) is 75.2 Å². The molecule has 0 bridgehead atoms. The standard InChI is InChI=1S/C22H26N4O2S/c1-26(21-11-5-8-16-9-6-12-23-22(16)21)15-20-19(14-25-29(2,27)28)18-10-4-3-7-17(18)13-24-20/h3-4,6-7,9-10,12-13,21,25H,5,8,11,14-15H2,1-2H3/t21-/m0/s1. The van der Waals surface area contributed by atoms with Gasteiger partial charge in [0.05, 0.1) is 23.7 Å². The zero-order valence-corrected chi connectivity index (χ0v) is 17.6. The highest BCUT2D eigenvalue weighted by molar-refractivity contribution is 7.88. The molecule has 29 heavy (non-hydrogen) atoms. The molecule has 0 saturated heterocycles. The monoisotopic (exact) mass is 410 g/mol. The molecule has 0 amide bonds. The van der Waals surface area contributed by atoms with Gasteiger partial charge in [0.15, 0.2) is 0 Å². The van der Waals surface area contributed by atoms with Gasteiger partial charge in [-0.1, -0.05) is 30.3 Å². The van der Waals surface area contributed by atoms with Gasteiger partial charge >= 0.3 is 0 Å². The van der Waals surface area contributed by atoms with E-state index in [1.807, 2.05) is 42.7 Å². The molecule has 2 aromatic heterocycles. The normalized spacial score (nSPS) is 16.9. The van der Waals surface area contributed by atoms with Crippen LogP contribution in [0.3, 0.4) is 0 Å². The number of rotatable bonds is 6. The molecule has 1 atom stereocenters. The summed E-state index contributed by atoms with van der Waals surface area (Å²) in [7, 11) is -1.20. The molecule has 0 radical (unpaired) electrons. The van der Waals surface area contributed by atoms with Crippen LogP contribution in [-0.2, 0) is 29.5 Å². The van der Waals surface area contributed by atoms with Crippen molar-refractivity contribution in [2.75, 3.05) is 13.3 Å². The summed E-state index contributed by atoms with van der Waals surface area (Å²) in [4.78, 5) is 11.6. The number of pyridine rings is 2. The number of nitrogens with zero attached hydrogens (tertiary/aromatic N) is 3. The third-order valence-corrected chi connectivity index (χ3v) is 6.27. The average Bonchev–Trinajstić information content (AvgIpc) is 2.71. The van der Waals surface area contributed by atoms with Gasteiger partial charge in [-0.3, -0.25) is 14.9 Å². The van der Waals surface area contributed by atoms with E-state index in [2.05, 4.69) is 27.7 Å². The Kier molecular flexibility index (Phi) is 5.63. The number of sulfonamides is 1. The van der Waals surface area contributed by atoms with Crippen molar-refractivity contribution in [2.45, 2.75) is 38.4 Å². The lowest BCUT2D eigenvalue weighted by molar-refractivity contribution is 0.206. The Morgan fingerprint density at radius 2 is 2.00 bits per heavy atom. The first-order chi connectivity index (χ1) is 13.9. The van der Waals surface area contributed by atoms with Gasteiger partial charge in [-0.15, -0.1) is 0 Å². The number of hydrogen-bond donors (Lipinski definition) is 1. The Hall–Kier alpha value is -2.35. The molecule has 4 rings (SSSR count). The molecule has 1 aromatic carbocycles. The summed E-state index contributed by atoms with van der Waals surface area (Å²) in [5, 5.41) is 2.04. The molecule has 0 saturated carbocycles. The fraction of sp³-hybridized carbons (Fsp3) is 0.364. The largest absolute Gasteiger partial charge is 0.292 e. The van der Waals surface area contributed by atoms with E-state index >= 15 is 0 Å². The molecule has 1 N–H and O–H groups in total. The molecule has 0 spiro atoms. The van der Waals surface area contributed by atoms with Gasteiger partial charge in [0.1, 0.15) is 0 Å². The minimum Gasteiger partial charge on any atom is -0.292 e. The summed E-state index contributed by atoms with van der Waals surface area (Å²) in [5.41, 5.74) is 4.29. The van der Waals surface area contributed by atoms with Crippen molar-refractivity contribution >= 4 is 20.8 Å². The van der Waals surface area contributed by atoms with E-state index < -0.39 is 10.0 Å². The number of aryl methyl sites for hydroxylation is 1. The van der Waals surface area contributed by atoms with Crippen molar-refractivity contribution < 1.29 is 8.42 Å². The Morgan fingerprint density at radius 1 is 1.17 bits per heavy atom. The van der Waals surface area contributed by atoms with Crippen molar-refractivity contribution in [3.8, 4) is 0 Å². The van der Waals surface area contributed by atoms with Crippen molar-refractivity contribution in [3.05, 3.63) is 71.3 Å². The quantitative estimate of drug-likeness (QED) is 0.675. The number of fused-ring (bicyclic) bond motifs is 2. The second-order valence-electron chi connectivity index (χ2n) is 7.73. The number of benzene rings is 1. The Bertz CT molecular complexity index is 1130. The predicted octanol–water partition coefficient (Wildman–Crippen LogP) is 3.19. The molecular formula is C22H26N4O2S. The minimum absolute atomic E-state index is 0.232. The Morgan fingerprint density at radius 3 is 2.83 bits per heavy atom. The minimum atomic E-state index is -3.30. The van der Waals surface area contributed by atoms with Crippen LogP contribution >= 0.6 is 0 Å². The maximum atomic E-state index is 11.7. The molecule has 6 nitrogen and oxygen atoms in total. The zero-order chi connectivity index (χ0) is 20.4. The van der Waals surface area contributed by atoms with Crippen LogP contribution in [0.25, 0.3) is 10.8 Å². The van der Waals surface area contributed by atoms with Gasteiger partial charge < -0.3 is 0 Å². The first-order valence-electron chi connectivity index (χ1n) is 9.86. The van der Waals surface area contributed by atoms with Gasteiger partial charge in [0.2, 0.25) is 10.0 Å². The van der Waals surface area contributed by atoms with Crippen LogP contribution in [0, 0.1) is 0 Å². The highest BCUT2D eigenvalue weighted by atomic mass is 32.2. The van der Waals surface area contributed by atoms with Crippen LogP contribution in [0.2, 0.25) is 0 Å². The third kappa shape index (κ3) is 4.47. The molecule has 3 aromatic rings. The second-order valence-corrected chi connectivity index (χ2v) is 9.57. The molecule has 7 heteroatoms. The summed E-state index contributed by atoms with van der Waals surface area (Å²) in [6, 6.07) is 12.4. The van der Waals surface area contributed by atoms with Crippen LogP contribution in [0.1, 0.15) is 41.4 Å². The fourth-order valence-electron chi connectivity index (χ4n) is 4.16. The summed E-state index contributed by atoms with van der Waals surface area (Å²) in [5.74, 6) is 0. The maximum absolute atomic E-state index is 11.7. The van der Waals surface area contributed by atoms with E-state index in [1.165, 1.54) is 11.8 Å². The van der Waals surface area contributed by atoms with E-state index in [9.17, 15) is 8.42 Å². The average molecular weight is 411 g/mol. The van der Waals surface area contributed by atoms with E-state index in [0.717, 1.165) is 47.0 Å². The van der Waals surface area contributed by atoms with Crippen LogP contribution < -0.4 is 4.72 Å². The van der Waals surface area contributed by atoms with Crippen LogP contribution in [0.15, 0.2) is 48.8 Å². The summed E-state index contributed by atoms with van der Waals surface area (Å²) in [6.45, 7) is 0.863. The lowest BCUT2D eigenvalue weighted by atomic mass is 9.91. The third-order valence-electron chi connectivity index (χ3n) is 5.60. The molecule has 1 aliphatic carbocycles. The van der Waals surface area contributed by atoms with Gasteiger partial charge in [-0.25, -0.2) is 13.1 Å². The van der Waals surface area contributed by atoms with Gasteiger partial charge in [-0.05, 0) is 48.9 Å². The first kappa shape index (κ1) is 19.9. The van der Waals surface area contributed by atoms with Crippen LogP contribution in [0.5, 0.6) is 0 Å². The lowest BCUT2D eigenvalue weighted by Crippen LogP contribution is -2.30. The van der Waals surface area contributed by atoms with Crippen LogP contribution in [-0.4, -0.2) is 36.6 Å². The fourth-order valence-corrected chi connectivity index (χ4v) is 4.57. The van der Waals surface area contributed by atoms with Crippen molar-refractivity contribution in [3.63, 3.8) is 0 Å². The summed E-state index contributed by atoms with van der Waals surface area (Å²) < 4.78 is 26.1. The first-order valence-corrected chi connectivity index (χ1v) is 11.8. The Balaban J connectivity index is 1.67. The van der Waals surface area contributed by atoms with Crippen molar-refractivity contribution in [2.24, 2.45) is 0 Å². The van der Waals surface area contributed by atoms with Gasteiger partial charge in [0, 0.05) is 30.9 Å². The number of nitrogens with one attached hydrogen (secondary N) is 1. The van der Waals surface area contributed by atoms with Gasteiger partial charge in [0.25, 0.3) is 0 Å². The smallest absolute Gasteiger partial charge is 0.209 e. The summed E-state index contributed by atoms with van der Waals surface area (Å²) in [6.07, 6.45) is 8.19. The highest BCUT2D eigenvalue weighted by Gasteiger charge is 2.26. The van der Waals surface area contributed by atoms with Crippen molar-refractivity contribution in [1.82, 2.24) is 19.6 Å². The van der Waals surface area contributed by atoms with E-state index in [4.69, 9.17) is 4.98 Å². The Labute approximate surface area is 172 Å². The highest BCUT2D eigenvalue weighted by Crippen LogP contribution is 2.33. The van der Waals surface area contributed by atoms with Gasteiger partial charge in [-0.2, -0.15) is 0 Å². The molecular weight excluding hydrogens is 384 g/mol. The molecule has 2 heterocycles. The SMILES string of the molecule is CN(Cc1ncc2ccccc2c1CNS(C)(=O)=O)[C@H]1CCCc2cccnc21. The van der Waals surface area contributed by atoms with Crippen LogP contribution in [0.4, 0.5) is 0 Å². The number of aromatic nitrogens is 2. The van der Waals surface area contributed by atoms with E-state index in [0.29, 0.717) is 6.54 Å². The summed E-state index contributed by atoms with van der Waals surface area (Å²) >= 11 is 0.